The van der Waals surface area contributed by atoms with Gasteiger partial charge in [0.05, 0.1) is 11.6 Å². The molecular formula is C26H25FN4O2. The van der Waals surface area contributed by atoms with Crippen molar-refractivity contribution in [3.05, 3.63) is 84.0 Å². The van der Waals surface area contributed by atoms with E-state index >= 15 is 0 Å². The van der Waals surface area contributed by atoms with Gasteiger partial charge in [-0.3, -0.25) is 4.79 Å². The van der Waals surface area contributed by atoms with E-state index in [2.05, 4.69) is 53.3 Å². The molecule has 4 aromatic rings. The van der Waals surface area contributed by atoms with Crippen LogP contribution in [0.3, 0.4) is 0 Å². The first-order valence-electron chi connectivity index (χ1n) is 11.0. The fraction of sp³-hybridized carbons (Fsp3) is 0.231. The van der Waals surface area contributed by atoms with Crippen LogP contribution in [0.2, 0.25) is 0 Å². The van der Waals surface area contributed by atoms with Crippen LogP contribution in [0.1, 0.15) is 23.0 Å². The Bertz CT molecular complexity index is 1300. The molecule has 1 aliphatic rings. The number of anilines is 3. The van der Waals surface area contributed by atoms with Gasteiger partial charge < -0.3 is 19.5 Å². The lowest BCUT2D eigenvalue weighted by Gasteiger charge is -2.41. The largest absolute Gasteiger partial charge is 0.464 e. The Balaban J connectivity index is 1.38. The van der Waals surface area contributed by atoms with E-state index < -0.39 is 0 Å². The highest BCUT2D eigenvalue weighted by Gasteiger charge is 2.29. The first-order chi connectivity index (χ1) is 16.0. The van der Waals surface area contributed by atoms with Crippen LogP contribution in [0.5, 0.6) is 0 Å². The fourth-order valence-electron chi connectivity index (χ4n) is 4.33. The second-order valence-electron chi connectivity index (χ2n) is 8.45. The van der Waals surface area contributed by atoms with Crippen LogP contribution in [-0.4, -0.2) is 41.5 Å². The van der Waals surface area contributed by atoms with Gasteiger partial charge in [-0.25, -0.2) is 9.37 Å². The van der Waals surface area contributed by atoms with Crippen LogP contribution in [-0.2, 0) is 0 Å². The van der Waals surface area contributed by atoms with Crippen LogP contribution >= 0.6 is 0 Å². The minimum atomic E-state index is -0.315. The molecule has 1 fully saturated rings. The quantitative estimate of drug-likeness (QED) is 0.459. The number of hydrogen-bond donors (Lipinski definition) is 1. The standard InChI is InChI=1S/C26H25FN4O2/c1-17-4-3-5-21(14-17)31-12-11-30(16-18(31)2)26(32)23-15-24-22(10-13-33-24)25(29-23)28-20-8-6-19(27)7-9-20/h3-10,13-15,18H,11-12,16H2,1-2H3,(H,28,29)/t18-/m0/s1. The zero-order valence-corrected chi connectivity index (χ0v) is 18.6. The zero-order chi connectivity index (χ0) is 22.9. The number of nitrogens with one attached hydrogen (secondary N) is 1. The Morgan fingerprint density at radius 3 is 2.70 bits per heavy atom. The molecule has 6 nitrogen and oxygen atoms in total. The van der Waals surface area contributed by atoms with Gasteiger partial charge in [-0.05, 0) is 61.9 Å². The number of rotatable bonds is 4. The van der Waals surface area contributed by atoms with E-state index in [0.717, 1.165) is 11.9 Å². The Kier molecular flexibility index (Phi) is 5.46. The number of amides is 1. The lowest BCUT2D eigenvalue weighted by Crippen LogP contribution is -2.54. The van der Waals surface area contributed by atoms with Crippen molar-refractivity contribution in [3.8, 4) is 0 Å². The number of piperazine rings is 1. The Morgan fingerprint density at radius 2 is 1.94 bits per heavy atom. The summed E-state index contributed by atoms with van der Waals surface area (Å²) in [6.07, 6.45) is 1.57. The van der Waals surface area contributed by atoms with E-state index in [4.69, 9.17) is 4.42 Å². The lowest BCUT2D eigenvalue weighted by atomic mass is 10.1. The molecule has 2 aromatic carbocycles. The number of hydrogen-bond acceptors (Lipinski definition) is 5. The van der Waals surface area contributed by atoms with E-state index in [1.54, 1.807) is 30.5 Å². The summed E-state index contributed by atoms with van der Waals surface area (Å²) >= 11 is 0. The van der Waals surface area contributed by atoms with E-state index in [1.165, 1.54) is 23.4 Å². The number of benzene rings is 2. The maximum atomic E-state index is 13.4. The number of aryl methyl sites for hydroxylation is 1. The van der Waals surface area contributed by atoms with Crippen LogP contribution in [0.15, 0.2) is 71.3 Å². The fourth-order valence-corrected chi connectivity index (χ4v) is 4.33. The summed E-state index contributed by atoms with van der Waals surface area (Å²) in [6.45, 7) is 6.18. The summed E-state index contributed by atoms with van der Waals surface area (Å²) in [5.41, 5.74) is 3.96. The molecule has 3 heterocycles. The smallest absolute Gasteiger partial charge is 0.272 e. The molecule has 0 unspecified atom stereocenters. The number of furan rings is 1. The Hall–Kier alpha value is -3.87. The average molecular weight is 445 g/mol. The Labute approximate surface area is 191 Å². The van der Waals surface area contributed by atoms with Gasteiger partial charge in [0.2, 0.25) is 0 Å². The molecule has 2 aromatic heterocycles. The number of carbonyl (C=O) groups is 1. The normalized spacial score (nSPS) is 16.3. The van der Waals surface area contributed by atoms with Crippen molar-refractivity contribution in [2.45, 2.75) is 19.9 Å². The average Bonchev–Trinajstić information content (AvgIpc) is 3.29. The molecule has 7 heteroatoms. The molecule has 0 spiro atoms. The molecule has 1 amide bonds. The third kappa shape index (κ3) is 4.26. The van der Waals surface area contributed by atoms with Crippen molar-refractivity contribution in [3.63, 3.8) is 0 Å². The van der Waals surface area contributed by atoms with Gasteiger partial charge in [0, 0.05) is 43.1 Å². The van der Waals surface area contributed by atoms with Crippen LogP contribution in [0.25, 0.3) is 11.0 Å². The highest BCUT2D eigenvalue weighted by molar-refractivity contribution is 5.99. The van der Waals surface area contributed by atoms with Crippen molar-refractivity contribution in [1.29, 1.82) is 0 Å². The van der Waals surface area contributed by atoms with Crippen molar-refractivity contribution >= 4 is 34.1 Å². The van der Waals surface area contributed by atoms with Crippen LogP contribution < -0.4 is 10.2 Å². The number of pyridine rings is 1. The molecule has 0 radical (unpaired) electrons. The first kappa shape index (κ1) is 21.0. The van der Waals surface area contributed by atoms with Gasteiger partial charge in [0.1, 0.15) is 22.9 Å². The van der Waals surface area contributed by atoms with Crippen molar-refractivity contribution in [1.82, 2.24) is 9.88 Å². The Morgan fingerprint density at radius 1 is 1.12 bits per heavy atom. The summed E-state index contributed by atoms with van der Waals surface area (Å²) in [4.78, 5) is 22.2. The summed E-state index contributed by atoms with van der Waals surface area (Å²) < 4.78 is 18.9. The highest BCUT2D eigenvalue weighted by atomic mass is 19.1. The molecule has 33 heavy (non-hydrogen) atoms. The minimum Gasteiger partial charge on any atom is -0.464 e. The number of fused-ring (bicyclic) bond motifs is 1. The van der Waals surface area contributed by atoms with E-state index in [-0.39, 0.29) is 17.8 Å². The molecule has 1 saturated heterocycles. The summed E-state index contributed by atoms with van der Waals surface area (Å²) in [7, 11) is 0. The van der Waals surface area contributed by atoms with E-state index in [9.17, 15) is 9.18 Å². The van der Waals surface area contributed by atoms with E-state index in [0.29, 0.717) is 35.9 Å². The van der Waals surface area contributed by atoms with Gasteiger partial charge in [0.25, 0.3) is 5.91 Å². The van der Waals surface area contributed by atoms with Gasteiger partial charge >= 0.3 is 0 Å². The maximum absolute atomic E-state index is 13.4. The highest BCUT2D eigenvalue weighted by Crippen LogP contribution is 2.28. The van der Waals surface area contributed by atoms with Crippen LogP contribution in [0, 0.1) is 12.7 Å². The zero-order valence-electron chi connectivity index (χ0n) is 18.6. The predicted molar refractivity (Wildman–Crippen MR) is 128 cm³/mol. The lowest BCUT2D eigenvalue weighted by molar-refractivity contribution is 0.0720. The summed E-state index contributed by atoms with van der Waals surface area (Å²) in [5, 5.41) is 3.94. The summed E-state index contributed by atoms with van der Waals surface area (Å²) in [6, 6.07) is 18.1. The third-order valence-electron chi connectivity index (χ3n) is 6.02. The monoisotopic (exact) mass is 444 g/mol. The first-order valence-corrected chi connectivity index (χ1v) is 11.0. The molecule has 5 rings (SSSR count). The SMILES string of the molecule is Cc1cccc(N2CCN(C(=O)c3cc4occc4c(Nc4ccc(F)cc4)n3)C[C@@H]2C)c1. The number of aromatic nitrogens is 1. The van der Waals surface area contributed by atoms with Gasteiger partial charge in [-0.2, -0.15) is 0 Å². The van der Waals surface area contributed by atoms with Gasteiger partial charge in [0.15, 0.2) is 0 Å². The maximum Gasteiger partial charge on any atom is 0.272 e. The molecular weight excluding hydrogens is 419 g/mol. The molecule has 0 aliphatic carbocycles. The molecule has 0 bridgehead atoms. The second kappa shape index (κ2) is 8.58. The molecule has 0 saturated carbocycles. The van der Waals surface area contributed by atoms with Gasteiger partial charge in [-0.15, -0.1) is 0 Å². The van der Waals surface area contributed by atoms with Crippen molar-refractivity contribution < 1.29 is 13.6 Å². The van der Waals surface area contributed by atoms with Crippen molar-refractivity contribution in [2.75, 3.05) is 29.9 Å². The molecule has 1 aliphatic heterocycles. The van der Waals surface area contributed by atoms with E-state index in [1.807, 2.05) is 4.90 Å². The van der Waals surface area contributed by atoms with Gasteiger partial charge in [-0.1, -0.05) is 12.1 Å². The number of nitrogens with zero attached hydrogens (tertiary/aromatic N) is 3. The molecule has 1 N–H and O–H groups in total. The number of carbonyl (C=O) groups excluding carboxylic acids is 1. The topological polar surface area (TPSA) is 61.6 Å². The summed E-state index contributed by atoms with van der Waals surface area (Å²) in [5.74, 6) is 0.0543. The molecule has 168 valence electrons. The molecule has 1 atom stereocenters. The second-order valence-corrected chi connectivity index (χ2v) is 8.45. The third-order valence-corrected chi connectivity index (χ3v) is 6.02. The van der Waals surface area contributed by atoms with Crippen molar-refractivity contribution in [2.24, 2.45) is 0 Å². The minimum absolute atomic E-state index is 0.133. The number of halogens is 1. The van der Waals surface area contributed by atoms with Crippen LogP contribution in [0.4, 0.5) is 21.6 Å². The predicted octanol–water partition coefficient (Wildman–Crippen LogP) is 5.37.